The van der Waals surface area contributed by atoms with Crippen LogP contribution >= 0.6 is 0 Å². The SMILES string of the molecule is CCCCOCCCNS(=O)(=O)c1cc(CN)n(CC)c1. The van der Waals surface area contributed by atoms with E-state index in [2.05, 4.69) is 11.6 Å². The van der Waals surface area contributed by atoms with Crippen molar-refractivity contribution in [3.8, 4) is 0 Å². The molecule has 0 atom stereocenters. The molecule has 0 fully saturated rings. The summed E-state index contributed by atoms with van der Waals surface area (Å²) in [5.74, 6) is 0. The molecule has 1 aromatic heterocycles. The number of hydrogen-bond acceptors (Lipinski definition) is 4. The second-order valence-electron chi connectivity index (χ2n) is 4.87. The maximum atomic E-state index is 12.2. The Balaban J connectivity index is 2.44. The molecule has 3 N–H and O–H groups in total. The van der Waals surface area contributed by atoms with Crippen molar-refractivity contribution < 1.29 is 13.2 Å². The third kappa shape index (κ3) is 5.78. The molecule has 0 spiro atoms. The average molecular weight is 317 g/mol. The van der Waals surface area contributed by atoms with Gasteiger partial charge in [0.05, 0.1) is 4.90 Å². The van der Waals surface area contributed by atoms with Gasteiger partial charge in [-0.15, -0.1) is 0 Å². The minimum absolute atomic E-state index is 0.275. The van der Waals surface area contributed by atoms with E-state index in [1.165, 1.54) is 0 Å². The summed E-state index contributed by atoms with van der Waals surface area (Å²) in [7, 11) is -3.46. The highest BCUT2D eigenvalue weighted by molar-refractivity contribution is 7.89. The number of nitrogens with zero attached hydrogens (tertiary/aromatic N) is 1. The van der Waals surface area contributed by atoms with Gasteiger partial charge >= 0.3 is 0 Å². The number of sulfonamides is 1. The van der Waals surface area contributed by atoms with Crippen molar-refractivity contribution in [1.29, 1.82) is 0 Å². The summed E-state index contributed by atoms with van der Waals surface area (Å²) in [6, 6.07) is 1.63. The standard InChI is InChI=1S/C14H27N3O3S/c1-3-5-8-20-9-6-7-16-21(18,19)14-10-13(11-15)17(4-2)12-14/h10,12,16H,3-9,11,15H2,1-2H3. The number of ether oxygens (including phenoxy) is 1. The molecule has 0 bridgehead atoms. The molecule has 0 unspecified atom stereocenters. The van der Waals surface area contributed by atoms with Crippen molar-refractivity contribution in [1.82, 2.24) is 9.29 Å². The number of rotatable bonds is 11. The lowest BCUT2D eigenvalue weighted by molar-refractivity contribution is 0.130. The van der Waals surface area contributed by atoms with Crippen LogP contribution in [0.1, 0.15) is 38.8 Å². The van der Waals surface area contributed by atoms with Crippen LogP contribution in [0.25, 0.3) is 0 Å². The van der Waals surface area contributed by atoms with Crippen molar-refractivity contribution in [3.05, 3.63) is 18.0 Å². The molecule has 6 nitrogen and oxygen atoms in total. The molecule has 0 saturated heterocycles. The molecule has 21 heavy (non-hydrogen) atoms. The van der Waals surface area contributed by atoms with Gasteiger partial charge in [0.25, 0.3) is 0 Å². The zero-order valence-corrected chi connectivity index (χ0v) is 13.8. The lowest BCUT2D eigenvalue weighted by atomic mass is 10.4. The quantitative estimate of drug-likeness (QED) is 0.605. The highest BCUT2D eigenvalue weighted by atomic mass is 32.2. The lowest BCUT2D eigenvalue weighted by Gasteiger charge is -2.06. The van der Waals surface area contributed by atoms with Gasteiger partial charge in [-0.2, -0.15) is 0 Å². The summed E-state index contributed by atoms with van der Waals surface area (Å²) in [5, 5.41) is 0. The Kier molecular flexibility index (Phi) is 7.95. The number of nitrogens with two attached hydrogens (primary N) is 1. The Morgan fingerprint density at radius 1 is 1.29 bits per heavy atom. The third-order valence-electron chi connectivity index (χ3n) is 3.22. The van der Waals surface area contributed by atoms with Gasteiger partial charge in [0.2, 0.25) is 10.0 Å². The zero-order chi connectivity index (χ0) is 15.7. The molecule has 122 valence electrons. The minimum atomic E-state index is -3.46. The lowest BCUT2D eigenvalue weighted by Crippen LogP contribution is -2.25. The van der Waals surface area contributed by atoms with Crippen molar-refractivity contribution in [2.75, 3.05) is 19.8 Å². The van der Waals surface area contributed by atoms with Crippen LogP contribution in [0.15, 0.2) is 17.2 Å². The van der Waals surface area contributed by atoms with E-state index in [9.17, 15) is 8.42 Å². The van der Waals surface area contributed by atoms with E-state index in [-0.39, 0.29) is 4.90 Å². The molecule has 0 amide bonds. The van der Waals surface area contributed by atoms with Crippen LogP contribution in [0.5, 0.6) is 0 Å². The summed E-state index contributed by atoms with van der Waals surface area (Å²) in [6.45, 7) is 6.78. The predicted molar refractivity (Wildman–Crippen MR) is 83.5 cm³/mol. The minimum Gasteiger partial charge on any atom is -0.381 e. The molecule has 0 saturated carbocycles. The molecule has 1 aromatic rings. The van der Waals surface area contributed by atoms with E-state index in [0.717, 1.165) is 25.1 Å². The topological polar surface area (TPSA) is 86.3 Å². The summed E-state index contributed by atoms with van der Waals surface area (Å²) < 4.78 is 34.2. The molecule has 7 heteroatoms. The first-order chi connectivity index (χ1) is 10.0. The van der Waals surface area contributed by atoms with Crippen LogP contribution in [0.2, 0.25) is 0 Å². The van der Waals surface area contributed by atoms with Crippen molar-refractivity contribution in [2.45, 2.75) is 51.1 Å². The van der Waals surface area contributed by atoms with Crippen LogP contribution in [0, 0.1) is 0 Å². The van der Waals surface area contributed by atoms with E-state index < -0.39 is 10.0 Å². The highest BCUT2D eigenvalue weighted by Gasteiger charge is 2.17. The molecular weight excluding hydrogens is 290 g/mol. The highest BCUT2D eigenvalue weighted by Crippen LogP contribution is 2.14. The molecule has 0 aliphatic rings. The van der Waals surface area contributed by atoms with Crippen LogP contribution < -0.4 is 10.5 Å². The fourth-order valence-corrected chi connectivity index (χ4v) is 3.09. The molecular formula is C14H27N3O3S. The van der Waals surface area contributed by atoms with E-state index in [1.807, 2.05) is 11.5 Å². The Labute approximate surface area is 127 Å². The van der Waals surface area contributed by atoms with Crippen molar-refractivity contribution >= 4 is 10.0 Å². The van der Waals surface area contributed by atoms with Crippen molar-refractivity contribution in [2.24, 2.45) is 5.73 Å². The molecule has 1 heterocycles. The third-order valence-corrected chi connectivity index (χ3v) is 4.65. The Bertz CT molecular complexity index is 490. The summed E-state index contributed by atoms with van der Waals surface area (Å²) in [6.07, 6.45) is 4.44. The maximum Gasteiger partial charge on any atom is 0.242 e. The molecule has 1 rings (SSSR count). The van der Waals surface area contributed by atoms with Crippen LogP contribution in [-0.2, 0) is 27.8 Å². The monoisotopic (exact) mass is 317 g/mol. The number of unbranched alkanes of at least 4 members (excludes halogenated alkanes) is 1. The van der Waals surface area contributed by atoms with E-state index >= 15 is 0 Å². The molecule has 0 radical (unpaired) electrons. The van der Waals surface area contributed by atoms with Gasteiger partial charge in [-0.25, -0.2) is 13.1 Å². The van der Waals surface area contributed by atoms with Crippen LogP contribution in [-0.4, -0.2) is 32.7 Å². The Morgan fingerprint density at radius 3 is 2.57 bits per heavy atom. The number of nitrogens with one attached hydrogen (secondary N) is 1. The van der Waals surface area contributed by atoms with Gasteiger partial charge < -0.3 is 15.0 Å². The maximum absolute atomic E-state index is 12.2. The fraction of sp³-hybridized carbons (Fsp3) is 0.714. The second kappa shape index (κ2) is 9.19. The largest absolute Gasteiger partial charge is 0.381 e. The molecule has 0 aliphatic carbocycles. The Morgan fingerprint density at radius 2 is 2.00 bits per heavy atom. The predicted octanol–water partition coefficient (Wildman–Crippen LogP) is 1.45. The van der Waals surface area contributed by atoms with Crippen molar-refractivity contribution in [3.63, 3.8) is 0 Å². The second-order valence-corrected chi connectivity index (χ2v) is 6.64. The van der Waals surface area contributed by atoms with Gasteiger partial charge in [-0.3, -0.25) is 0 Å². The van der Waals surface area contributed by atoms with Gasteiger partial charge in [-0.05, 0) is 25.8 Å². The van der Waals surface area contributed by atoms with Gasteiger partial charge in [0.1, 0.15) is 0 Å². The molecule has 0 aromatic carbocycles. The number of aromatic nitrogens is 1. The van der Waals surface area contributed by atoms with Gasteiger partial charge in [-0.1, -0.05) is 13.3 Å². The first-order valence-electron chi connectivity index (χ1n) is 7.51. The summed E-state index contributed by atoms with van der Waals surface area (Å²) in [5.41, 5.74) is 6.43. The van der Waals surface area contributed by atoms with E-state index in [0.29, 0.717) is 32.7 Å². The zero-order valence-electron chi connectivity index (χ0n) is 13.0. The summed E-state index contributed by atoms with van der Waals surface area (Å²) in [4.78, 5) is 0.275. The van der Waals surface area contributed by atoms with E-state index in [1.54, 1.807) is 12.3 Å². The first-order valence-corrected chi connectivity index (χ1v) is 9.00. The fourth-order valence-electron chi connectivity index (χ4n) is 1.95. The first kappa shape index (κ1) is 18.2. The Hall–Kier alpha value is -0.890. The van der Waals surface area contributed by atoms with E-state index in [4.69, 9.17) is 10.5 Å². The normalized spacial score (nSPS) is 12.0. The molecule has 0 aliphatic heterocycles. The van der Waals surface area contributed by atoms with Gasteiger partial charge in [0, 0.05) is 44.7 Å². The van der Waals surface area contributed by atoms with Gasteiger partial charge in [0.15, 0.2) is 0 Å². The summed E-state index contributed by atoms with van der Waals surface area (Å²) >= 11 is 0. The smallest absolute Gasteiger partial charge is 0.242 e. The van der Waals surface area contributed by atoms with Crippen LogP contribution in [0.3, 0.4) is 0 Å². The average Bonchev–Trinajstić information content (AvgIpc) is 2.90. The van der Waals surface area contributed by atoms with Crippen LogP contribution in [0.4, 0.5) is 0 Å². The number of hydrogen-bond donors (Lipinski definition) is 2. The number of aryl methyl sites for hydroxylation is 1.